The van der Waals surface area contributed by atoms with Crippen molar-refractivity contribution in [2.75, 3.05) is 14.2 Å². The van der Waals surface area contributed by atoms with Crippen LogP contribution in [-0.4, -0.2) is 35.3 Å². The predicted octanol–water partition coefficient (Wildman–Crippen LogP) is 4.42. The standard InChI is InChI=1S/C31H35N3O5/c1-7-21(4)32-29(35)23-12-10-22(11-13-23)17-34-30(36)25-15-27(38-5)28(39-6)16-26(25)33(31(34)37)18-24-14-19(2)8-9-20(24)3/h8-16,21H,7,17-18H2,1-6H3,(H,32,35)/t21-/m0/s1. The molecule has 3 aromatic carbocycles. The highest BCUT2D eigenvalue weighted by Gasteiger charge is 2.18. The van der Waals surface area contributed by atoms with Crippen molar-refractivity contribution in [1.82, 2.24) is 14.5 Å². The predicted molar refractivity (Wildman–Crippen MR) is 153 cm³/mol. The topological polar surface area (TPSA) is 91.6 Å². The molecule has 0 bridgehead atoms. The van der Waals surface area contributed by atoms with Gasteiger partial charge in [0.15, 0.2) is 11.5 Å². The van der Waals surface area contributed by atoms with Crippen LogP contribution in [0, 0.1) is 13.8 Å². The van der Waals surface area contributed by atoms with Gasteiger partial charge in [-0.1, -0.05) is 42.8 Å². The highest BCUT2D eigenvalue weighted by molar-refractivity contribution is 5.94. The average molecular weight is 530 g/mol. The lowest BCUT2D eigenvalue weighted by Crippen LogP contribution is -2.40. The number of carbonyl (C=O) groups is 1. The summed E-state index contributed by atoms with van der Waals surface area (Å²) < 4.78 is 13.8. The van der Waals surface area contributed by atoms with Crippen molar-refractivity contribution in [2.24, 2.45) is 0 Å². The van der Waals surface area contributed by atoms with Crippen molar-refractivity contribution in [3.63, 3.8) is 0 Å². The van der Waals surface area contributed by atoms with Crippen molar-refractivity contribution in [3.05, 3.63) is 103 Å². The SMILES string of the molecule is CC[C@H](C)NC(=O)c1ccc(Cn2c(=O)c3cc(OC)c(OC)cc3n(Cc3cc(C)ccc3C)c2=O)cc1. The molecular formula is C31H35N3O5. The fourth-order valence-corrected chi connectivity index (χ4v) is 4.53. The van der Waals surface area contributed by atoms with Gasteiger partial charge in [0.25, 0.3) is 11.5 Å². The van der Waals surface area contributed by atoms with Crippen LogP contribution >= 0.6 is 0 Å². The lowest BCUT2D eigenvalue weighted by Gasteiger charge is -2.18. The average Bonchev–Trinajstić information content (AvgIpc) is 2.94. The monoisotopic (exact) mass is 529 g/mol. The zero-order valence-corrected chi connectivity index (χ0v) is 23.3. The Morgan fingerprint density at radius 1 is 0.897 bits per heavy atom. The number of amides is 1. The highest BCUT2D eigenvalue weighted by Crippen LogP contribution is 2.30. The van der Waals surface area contributed by atoms with E-state index in [9.17, 15) is 14.4 Å². The molecule has 0 fully saturated rings. The molecule has 0 aliphatic heterocycles. The van der Waals surface area contributed by atoms with Gasteiger partial charge >= 0.3 is 5.69 Å². The number of benzene rings is 3. The summed E-state index contributed by atoms with van der Waals surface area (Å²) in [7, 11) is 3.03. The van der Waals surface area contributed by atoms with E-state index in [0.717, 1.165) is 28.7 Å². The number of aromatic nitrogens is 2. The lowest BCUT2D eigenvalue weighted by molar-refractivity contribution is 0.0939. The number of ether oxygens (including phenoxy) is 2. The smallest absolute Gasteiger partial charge is 0.332 e. The summed E-state index contributed by atoms with van der Waals surface area (Å²) in [6.45, 7) is 8.31. The summed E-state index contributed by atoms with van der Waals surface area (Å²) in [6.07, 6.45) is 0.833. The summed E-state index contributed by atoms with van der Waals surface area (Å²) in [5.41, 5.74) is 3.97. The Morgan fingerprint density at radius 2 is 1.56 bits per heavy atom. The minimum atomic E-state index is -0.431. The second-order valence-electron chi connectivity index (χ2n) is 9.89. The van der Waals surface area contributed by atoms with E-state index in [1.807, 2.05) is 45.9 Å². The Morgan fingerprint density at radius 3 is 2.21 bits per heavy atom. The van der Waals surface area contributed by atoms with E-state index < -0.39 is 11.2 Å². The molecule has 8 nitrogen and oxygen atoms in total. The van der Waals surface area contributed by atoms with E-state index in [1.165, 1.54) is 18.8 Å². The maximum absolute atomic E-state index is 13.9. The number of fused-ring (bicyclic) bond motifs is 1. The summed E-state index contributed by atoms with van der Waals surface area (Å²) >= 11 is 0. The Balaban J connectivity index is 1.83. The second kappa shape index (κ2) is 11.6. The maximum Gasteiger partial charge on any atom is 0.332 e. The van der Waals surface area contributed by atoms with Crippen LogP contribution < -0.4 is 26.0 Å². The molecule has 0 saturated heterocycles. The van der Waals surface area contributed by atoms with E-state index in [4.69, 9.17) is 9.47 Å². The van der Waals surface area contributed by atoms with E-state index in [-0.39, 0.29) is 25.0 Å². The third-order valence-electron chi connectivity index (χ3n) is 7.11. The van der Waals surface area contributed by atoms with Crippen molar-refractivity contribution >= 4 is 16.8 Å². The fourth-order valence-electron chi connectivity index (χ4n) is 4.53. The molecule has 4 aromatic rings. The molecule has 1 atom stereocenters. The molecule has 1 aromatic heterocycles. The van der Waals surface area contributed by atoms with Gasteiger partial charge in [0, 0.05) is 17.7 Å². The number of hydrogen-bond acceptors (Lipinski definition) is 5. The molecule has 0 spiro atoms. The van der Waals surface area contributed by atoms with Crippen LogP contribution in [0.1, 0.15) is 52.9 Å². The molecule has 0 saturated carbocycles. The zero-order valence-electron chi connectivity index (χ0n) is 23.3. The van der Waals surface area contributed by atoms with Crippen LogP contribution in [-0.2, 0) is 13.1 Å². The van der Waals surface area contributed by atoms with Gasteiger partial charge < -0.3 is 14.8 Å². The third kappa shape index (κ3) is 5.74. The van der Waals surface area contributed by atoms with E-state index in [0.29, 0.717) is 28.0 Å². The molecule has 8 heteroatoms. The Labute approximate surface area is 227 Å². The first-order valence-corrected chi connectivity index (χ1v) is 13.0. The van der Waals surface area contributed by atoms with Gasteiger partial charge in [0.1, 0.15) is 0 Å². The van der Waals surface area contributed by atoms with Crippen molar-refractivity contribution in [3.8, 4) is 11.5 Å². The molecule has 4 rings (SSSR count). The van der Waals surface area contributed by atoms with Gasteiger partial charge in [-0.25, -0.2) is 4.79 Å². The van der Waals surface area contributed by atoms with Gasteiger partial charge in [-0.05, 0) is 62.1 Å². The van der Waals surface area contributed by atoms with Crippen LogP contribution in [0.2, 0.25) is 0 Å². The first-order chi connectivity index (χ1) is 18.7. The van der Waals surface area contributed by atoms with Crippen LogP contribution in [0.4, 0.5) is 0 Å². The molecule has 0 aliphatic rings. The minimum absolute atomic E-state index is 0.0576. The summed E-state index contributed by atoms with van der Waals surface area (Å²) in [5, 5.41) is 3.29. The van der Waals surface area contributed by atoms with Gasteiger partial charge in [0.05, 0.1) is 38.2 Å². The van der Waals surface area contributed by atoms with Crippen LogP contribution in [0.3, 0.4) is 0 Å². The molecule has 204 valence electrons. The Bertz CT molecular complexity index is 1630. The maximum atomic E-state index is 13.9. The molecule has 1 amide bonds. The second-order valence-corrected chi connectivity index (χ2v) is 9.89. The van der Waals surface area contributed by atoms with E-state index in [2.05, 4.69) is 5.32 Å². The number of rotatable bonds is 9. The summed E-state index contributed by atoms with van der Waals surface area (Å²) in [6, 6.07) is 16.4. The molecular weight excluding hydrogens is 494 g/mol. The van der Waals surface area contributed by atoms with Crippen molar-refractivity contribution < 1.29 is 14.3 Å². The molecule has 1 N–H and O–H groups in total. The summed E-state index contributed by atoms with van der Waals surface area (Å²) in [4.78, 5) is 40.0. The number of nitrogens with one attached hydrogen (secondary N) is 1. The highest BCUT2D eigenvalue weighted by atomic mass is 16.5. The largest absolute Gasteiger partial charge is 0.493 e. The van der Waals surface area contributed by atoms with Crippen LogP contribution in [0.5, 0.6) is 11.5 Å². The van der Waals surface area contributed by atoms with Crippen LogP contribution in [0.25, 0.3) is 10.9 Å². The first-order valence-electron chi connectivity index (χ1n) is 13.0. The number of carbonyl (C=O) groups excluding carboxylic acids is 1. The number of aryl methyl sites for hydroxylation is 2. The number of nitrogens with zero attached hydrogens (tertiary/aromatic N) is 2. The molecule has 0 unspecified atom stereocenters. The van der Waals surface area contributed by atoms with E-state index in [1.54, 1.807) is 41.0 Å². The molecule has 0 radical (unpaired) electrons. The molecule has 39 heavy (non-hydrogen) atoms. The quantitative estimate of drug-likeness (QED) is 0.347. The van der Waals surface area contributed by atoms with Crippen molar-refractivity contribution in [1.29, 1.82) is 0 Å². The Hall–Kier alpha value is -4.33. The summed E-state index contributed by atoms with van der Waals surface area (Å²) in [5.74, 6) is 0.681. The van der Waals surface area contributed by atoms with Crippen LogP contribution in [0.15, 0.2) is 64.2 Å². The first kappa shape index (κ1) is 27.7. The number of hydrogen-bond donors (Lipinski definition) is 1. The van der Waals surface area contributed by atoms with Gasteiger partial charge in [-0.15, -0.1) is 0 Å². The van der Waals surface area contributed by atoms with Gasteiger partial charge in [-0.2, -0.15) is 0 Å². The third-order valence-corrected chi connectivity index (χ3v) is 7.11. The molecule has 0 aliphatic carbocycles. The molecule has 1 heterocycles. The fraction of sp³-hybridized carbons (Fsp3) is 0.323. The zero-order chi connectivity index (χ0) is 28.3. The number of methoxy groups -OCH3 is 2. The van der Waals surface area contributed by atoms with Gasteiger partial charge in [0.2, 0.25) is 0 Å². The Kier molecular flexibility index (Phi) is 8.24. The normalized spacial score (nSPS) is 11.8. The van der Waals surface area contributed by atoms with Gasteiger partial charge in [-0.3, -0.25) is 18.7 Å². The lowest BCUT2D eigenvalue weighted by atomic mass is 10.1. The minimum Gasteiger partial charge on any atom is -0.493 e. The van der Waals surface area contributed by atoms with Crippen molar-refractivity contribution in [2.45, 2.75) is 53.2 Å². The van der Waals surface area contributed by atoms with E-state index >= 15 is 0 Å².